The predicted molar refractivity (Wildman–Crippen MR) is 69.4 cm³/mol. The predicted octanol–water partition coefficient (Wildman–Crippen LogP) is 1.17. The van der Waals surface area contributed by atoms with Gasteiger partial charge in [-0.3, -0.25) is 10.5 Å². The van der Waals surface area contributed by atoms with Crippen LogP contribution in [0, 0.1) is 13.8 Å². The Labute approximate surface area is 100 Å². The summed E-state index contributed by atoms with van der Waals surface area (Å²) >= 11 is 4.66. The van der Waals surface area contributed by atoms with E-state index in [-0.39, 0.29) is 5.11 Å². The number of aromatic nitrogens is 2. The van der Waals surface area contributed by atoms with E-state index in [1.807, 2.05) is 20.8 Å². The number of hydrogen-bond donors (Lipinski definition) is 3. The molecular weight excluding hydrogens is 222 g/mol. The van der Waals surface area contributed by atoms with E-state index in [2.05, 4.69) is 32.9 Å². The summed E-state index contributed by atoms with van der Waals surface area (Å²) in [6.45, 7) is 5.96. The number of aromatic amines is 1. The third-order valence-electron chi connectivity index (χ3n) is 2.37. The SMILES string of the molecule is C/C(CCc1c(C)n[nH]c1C)=N/NC(N)=S. The smallest absolute Gasteiger partial charge is 0.184 e. The summed E-state index contributed by atoms with van der Waals surface area (Å²) < 4.78 is 0. The lowest BCUT2D eigenvalue weighted by Gasteiger charge is -2.02. The summed E-state index contributed by atoms with van der Waals surface area (Å²) in [5.74, 6) is 0. The molecule has 1 aromatic heterocycles. The van der Waals surface area contributed by atoms with E-state index >= 15 is 0 Å². The fourth-order valence-electron chi connectivity index (χ4n) is 1.45. The second kappa shape index (κ2) is 5.60. The second-order valence-corrected chi connectivity index (χ2v) is 4.18. The van der Waals surface area contributed by atoms with Crippen LogP contribution in [0.1, 0.15) is 30.3 Å². The molecule has 0 aliphatic carbocycles. The van der Waals surface area contributed by atoms with E-state index in [0.29, 0.717) is 0 Å². The normalized spacial score (nSPS) is 11.6. The van der Waals surface area contributed by atoms with Crippen molar-refractivity contribution >= 4 is 23.0 Å². The van der Waals surface area contributed by atoms with Crippen molar-refractivity contribution in [3.8, 4) is 0 Å². The minimum absolute atomic E-state index is 0.190. The zero-order chi connectivity index (χ0) is 12.1. The molecule has 0 aliphatic rings. The highest BCUT2D eigenvalue weighted by Gasteiger charge is 2.06. The Morgan fingerprint density at radius 2 is 2.25 bits per heavy atom. The van der Waals surface area contributed by atoms with Gasteiger partial charge in [-0.05, 0) is 51.4 Å². The maximum absolute atomic E-state index is 5.28. The standard InChI is InChI=1S/C10H17N5S/c1-6(12-15-10(11)16)4-5-9-7(2)13-14-8(9)3/h4-5H2,1-3H3,(H,13,14)(H3,11,15,16)/b12-6-. The number of H-pyrrole nitrogens is 1. The molecule has 0 saturated carbocycles. The molecule has 88 valence electrons. The van der Waals surface area contributed by atoms with E-state index in [4.69, 9.17) is 5.73 Å². The molecule has 0 saturated heterocycles. The van der Waals surface area contributed by atoms with Crippen molar-refractivity contribution in [3.63, 3.8) is 0 Å². The van der Waals surface area contributed by atoms with Crippen LogP contribution in [0.25, 0.3) is 0 Å². The molecule has 1 aromatic rings. The van der Waals surface area contributed by atoms with Crippen molar-refractivity contribution in [2.24, 2.45) is 10.8 Å². The fraction of sp³-hybridized carbons (Fsp3) is 0.500. The maximum atomic E-state index is 5.28. The zero-order valence-corrected chi connectivity index (χ0v) is 10.6. The van der Waals surface area contributed by atoms with Crippen LogP contribution in [-0.2, 0) is 6.42 Å². The zero-order valence-electron chi connectivity index (χ0n) is 9.79. The molecule has 0 fully saturated rings. The number of hydrogen-bond acceptors (Lipinski definition) is 3. The highest BCUT2D eigenvalue weighted by Crippen LogP contribution is 2.11. The summed E-state index contributed by atoms with van der Waals surface area (Å²) in [6, 6.07) is 0. The van der Waals surface area contributed by atoms with Gasteiger partial charge in [0.2, 0.25) is 0 Å². The maximum Gasteiger partial charge on any atom is 0.184 e. The molecule has 4 N–H and O–H groups in total. The van der Waals surface area contributed by atoms with Gasteiger partial charge in [0.25, 0.3) is 0 Å². The molecule has 0 aliphatic heterocycles. The van der Waals surface area contributed by atoms with Crippen LogP contribution in [-0.4, -0.2) is 21.0 Å². The van der Waals surface area contributed by atoms with Crippen molar-refractivity contribution < 1.29 is 0 Å². The number of hydrazone groups is 1. The summed E-state index contributed by atoms with van der Waals surface area (Å²) in [7, 11) is 0. The Hall–Kier alpha value is -1.43. The number of nitrogens with zero attached hydrogens (tertiary/aromatic N) is 2. The van der Waals surface area contributed by atoms with E-state index in [0.717, 1.165) is 29.9 Å². The first kappa shape index (κ1) is 12.6. The highest BCUT2D eigenvalue weighted by molar-refractivity contribution is 7.80. The van der Waals surface area contributed by atoms with Gasteiger partial charge < -0.3 is 5.73 Å². The van der Waals surface area contributed by atoms with Crippen molar-refractivity contribution in [2.45, 2.75) is 33.6 Å². The summed E-state index contributed by atoms with van der Waals surface area (Å²) in [5, 5.41) is 11.4. The van der Waals surface area contributed by atoms with E-state index in [1.54, 1.807) is 0 Å². The van der Waals surface area contributed by atoms with Gasteiger partial charge in [-0.2, -0.15) is 10.2 Å². The monoisotopic (exact) mass is 239 g/mol. The molecule has 0 atom stereocenters. The molecule has 5 nitrogen and oxygen atoms in total. The van der Waals surface area contributed by atoms with Crippen molar-refractivity contribution in [1.82, 2.24) is 15.6 Å². The van der Waals surface area contributed by atoms with Crippen LogP contribution < -0.4 is 11.2 Å². The largest absolute Gasteiger partial charge is 0.375 e. The van der Waals surface area contributed by atoms with E-state index in [1.165, 1.54) is 5.56 Å². The molecule has 1 rings (SSSR count). The van der Waals surface area contributed by atoms with Crippen LogP contribution in [0.3, 0.4) is 0 Å². The highest BCUT2D eigenvalue weighted by atomic mass is 32.1. The molecule has 0 aromatic carbocycles. The molecule has 16 heavy (non-hydrogen) atoms. The molecular formula is C10H17N5S. The summed E-state index contributed by atoms with van der Waals surface area (Å²) in [5.41, 5.74) is 12.2. The van der Waals surface area contributed by atoms with Gasteiger partial charge >= 0.3 is 0 Å². The summed E-state index contributed by atoms with van der Waals surface area (Å²) in [6.07, 6.45) is 1.78. The summed E-state index contributed by atoms with van der Waals surface area (Å²) in [4.78, 5) is 0. The average Bonchev–Trinajstić information content (AvgIpc) is 2.53. The van der Waals surface area contributed by atoms with Gasteiger partial charge in [0, 0.05) is 11.4 Å². The van der Waals surface area contributed by atoms with Gasteiger partial charge in [-0.1, -0.05) is 0 Å². The van der Waals surface area contributed by atoms with E-state index in [9.17, 15) is 0 Å². The molecule has 1 heterocycles. The topological polar surface area (TPSA) is 79.1 Å². The second-order valence-electron chi connectivity index (χ2n) is 3.74. The van der Waals surface area contributed by atoms with Crippen LogP contribution in [0.2, 0.25) is 0 Å². The van der Waals surface area contributed by atoms with Gasteiger partial charge in [-0.15, -0.1) is 0 Å². The minimum atomic E-state index is 0.190. The van der Waals surface area contributed by atoms with Crippen LogP contribution in [0.4, 0.5) is 0 Å². The van der Waals surface area contributed by atoms with Gasteiger partial charge in [0.1, 0.15) is 0 Å². The first-order chi connectivity index (χ1) is 7.50. The Morgan fingerprint density at radius 3 is 2.75 bits per heavy atom. The lowest BCUT2D eigenvalue weighted by atomic mass is 10.1. The Kier molecular flexibility index (Phi) is 4.42. The average molecular weight is 239 g/mol. The third kappa shape index (κ3) is 3.62. The first-order valence-electron chi connectivity index (χ1n) is 5.09. The van der Waals surface area contributed by atoms with Crippen molar-refractivity contribution in [3.05, 3.63) is 17.0 Å². The minimum Gasteiger partial charge on any atom is -0.375 e. The van der Waals surface area contributed by atoms with Gasteiger partial charge in [0.15, 0.2) is 5.11 Å². The van der Waals surface area contributed by atoms with Crippen LogP contribution in [0.15, 0.2) is 5.10 Å². The van der Waals surface area contributed by atoms with Gasteiger partial charge in [-0.25, -0.2) is 0 Å². The van der Waals surface area contributed by atoms with E-state index < -0.39 is 0 Å². The molecule has 0 bridgehead atoms. The Bertz CT molecular complexity index is 388. The number of thiocarbonyl (C=S) groups is 1. The van der Waals surface area contributed by atoms with Crippen LogP contribution in [0.5, 0.6) is 0 Å². The van der Waals surface area contributed by atoms with Gasteiger partial charge in [0.05, 0.1) is 5.69 Å². The number of nitrogens with one attached hydrogen (secondary N) is 2. The quantitative estimate of drug-likeness (QED) is 0.418. The Balaban J connectivity index is 2.52. The Morgan fingerprint density at radius 1 is 1.56 bits per heavy atom. The molecule has 6 heteroatoms. The number of rotatable bonds is 4. The van der Waals surface area contributed by atoms with Crippen molar-refractivity contribution in [2.75, 3.05) is 0 Å². The fourth-order valence-corrected chi connectivity index (χ4v) is 1.50. The number of aryl methyl sites for hydroxylation is 2. The van der Waals surface area contributed by atoms with Crippen LogP contribution >= 0.6 is 12.2 Å². The lowest BCUT2D eigenvalue weighted by molar-refractivity contribution is 0.957. The number of nitrogens with two attached hydrogens (primary N) is 1. The lowest BCUT2D eigenvalue weighted by Crippen LogP contribution is -2.25. The molecule has 0 unspecified atom stereocenters. The molecule has 0 amide bonds. The molecule has 0 spiro atoms. The molecule has 0 radical (unpaired) electrons. The van der Waals surface area contributed by atoms with Crippen molar-refractivity contribution in [1.29, 1.82) is 0 Å². The first-order valence-corrected chi connectivity index (χ1v) is 5.50. The third-order valence-corrected chi connectivity index (χ3v) is 2.47.